The van der Waals surface area contributed by atoms with Crippen molar-refractivity contribution < 1.29 is 17.9 Å². The van der Waals surface area contributed by atoms with Gasteiger partial charge in [-0.05, 0) is 42.5 Å². The van der Waals surface area contributed by atoms with Gasteiger partial charge in [-0.3, -0.25) is 0 Å². The highest BCUT2D eigenvalue weighted by atomic mass is 19.2. The Morgan fingerprint density at radius 2 is 1.70 bits per heavy atom. The highest BCUT2D eigenvalue weighted by Gasteiger charge is 2.20. The van der Waals surface area contributed by atoms with Gasteiger partial charge in [0.25, 0.3) is 0 Å². The van der Waals surface area contributed by atoms with E-state index in [1.807, 2.05) is 43.3 Å². The zero-order chi connectivity index (χ0) is 23.5. The van der Waals surface area contributed by atoms with Crippen molar-refractivity contribution in [3.05, 3.63) is 78.4 Å². The van der Waals surface area contributed by atoms with Gasteiger partial charge in [-0.25, -0.2) is 23.7 Å². The van der Waals surface area contributed by atoms with Crippen molar-refractivity contribution in [1.29, 1.82) is 0 Å². The first kappa shape index (κ1) is 21.9. The number of halogens is 3. The molecule has 10 heteroatoms. The van der Waals surface area contributed by atoms with E-state index in [1.165, 1.54) is 12.4 Å². The summed E-state index contributed by atoms with van der Waals surface area (Å²) in [5.74, 6) is -4.58. The van der Waals surface area contributed by atoms with Crippen LogP contribution in [-0.4, -0.2) is 29.0 Å². The summed E-state index contributed by atoms with van der Waals surface area (Å²) in [6, 6.07) is 13.2. The molecule has 0 radical (unpaired) electrons. The van der Waals surface area contributed by atoms with E-state index in [0.29, 0.717) is 23.3 Å². The van der Waals surface area contributed by atoms with Gasteiger partial charge in [0.15, 0.2) is 17.4 Å². The Labute approximate surface area is 187 Å². The van der Waals surface area contributed by atoms with Gasteiger partial charge < -0.3 is 20.7 Å². The van der Waals surface area contributed by atoms with Crippen molar-refractivity contribution >= 4 is 23.0 Å². The minimum Gasteiger partial charge on any atom is -0.435 e. The molecule has 4 rings (SSSR count). The zero-order valence-electron chi connectivity index (χ0n) is 17.7. The number of aromatic nitrogens is 3. The van der Waals surface area contributed by atoms with Crippen LogP contribution in [0.25, 0.3) is 11.3 Å². The largest absolute Gasteiger partial charge is 0.435 e. The molecule has 0 atom stereocenters. The Bertz CT molecular complexity index is 1300. The summed E-state index contributed by atoms with van der Waals surface area (Å²) in [5, 5.41) is 3.10. The van der Waals surface area contributed by atoms with E-state index in [9.17, 15) is 13.2 Å². The first-order valence-corrected chi connectivity index (χ1v) is 9.77. The molecule has 168 valence electrons. The molecule has 33 heavy (non-hydrogen) atoms. The number of nitrogens with zero attached hydrogens (tertiary/aromatic N) is 4. The Balaban J connectivity index is 1.63. The van der Waals surface area contributed by atoms with Crippen LogP contribution >= 0.6 is 0 Å². The lowest BCUT2D eigenvalue weighted by molar-refractivity contribution is 0.401. The van der Waals surface area contributed by atoms with Gasteiger partial charge in [0.2, 0.25) is 17.6 Å². The number of rotatable bonds is 6. The van der Waals surface area contributed by atoms with Gasteiger partial charge in [0.05, 0.1) is 11.3 Å². The maximum Gasteiger partial charge on any atom is 0.228 e. The molecular formula is C23H19F3N6O. The van der Waals surface area contributed by atoms with Crippen LogP contribution in [-0.2, 0) is 0 Å². The molecule has 0 aliphatic rings. The summed E-state index contributed by atoms with van der Waals surface area (Å²) in [6.07, 6.45) is 2.92. The van der Waals surface area contributed by atoms with Gasteiger partial charge in [0.1, 0.15) is 5.69 Å². The van der Waals surface area contributed by atoms with Crippen molar-refractivity contribution in [2.24, 2.45) is 0 Å². The van der Waals surface area contributed by atoms with E-state index in [1.54, 1.807) is 18.2 Å². The van der Waals surface area contributed by atoms with E-state index in [-0.39, 0.29) is 5.88 Å². The molecule has 0 fully saturated rings. The van der Waals surface area contributed by atoms with E-state index >= 15 is 0 Å². The SMILES string of the molecule is CN(C)c1ccc(Nc2nccc(-c3cccnc3Oc3cc(F)c(N)c(F)c3F)n2)cc1. The molecule has 0 spiro atoms. The topological polar surface area (TPSA) is 89.2 Å². The molecule has 0 saturated carbocycles. The van der Waals surface area contributed by atoms with Gasteiger partial charge >= 0.3 is 0 Å². The van der Waals surface area contributed by atoms with E-state index in [0.717, 1.165) is 11.4 Å². The van der Waals surface area contributed by atoms with E-state index in [2.05, 4.69) is 20.3 Å². The lowest BCUT2D eigenvalue weighted by Crippen LogP contribution is -2.08. The minimum absolute atomic E-state index is 0.0973. The number of pyridine rings is 1. The molecule has 2 aromatic carbocycles. The third-order valence-electron chi connectivity index (χ3n) is 4.71. The van der Waals surface area contributed by atoms with Crippen LogP contribution in [0.4, 0.5) is 36.2 Å². The highest BCUT2D eigenvalue weighted by Crippen LogP contribution is 2.34. The number of hydrogen-bond donors (Lipinski definition) is 2. The molecule has 0 aliphatic heterocycles. The molecule has 0 bridgehead atoms. The predicted octanol–water partition coefficient (Wildman–Crippen LogP) is 5.14. The number of nitrogens with two attached hydrogens (primary N) is 1. The number of benzene rings is 2. The van der Waals surface area contributed by atoms with Crippen molar-refractivity contribution in [3.63, 3.8) is 0 Å². The van der Waals surface area contributed by atoms with Crippen molar-refractivity contribution in [1.82, 2.24) is 15.0 Å². The van der Waals surface area contributed by atoms with Crippen molar-refractivity contribution in [2.75, 3.05) is 30.0 Å². The summed E-state index contributed by atoms with van der Waals surface area (Å²) in [6.45, 7) is 0. The molecule has 2 aromatic heterocycles. The molecule has 7 nitrogen and oxygen atoms in total. The summed E-state index contributed by atoms with van der Waals surface area (Å²) < 4.78 is 47.3. The quantitative estimate of drug-likeness (QED) is 0.309. The van der Waals surface area contributed by atoms with Crippen LogP contribution in [0.15, 0.2) is 60.9 Å². The maximum absolute atomic E-state index is 14.2. The van der Waals surface area contributed by atoms with Crippen molar-refractivity contribution in [2.45, 2.75) is 0 Å². The first-order valence-electron chi connectivity index (χ1n) is 9.77. The fourth-order valence-electron chi connectivity index (χ4n) is 2.97. The van der Waals surface area contributed by atoms with Gasteiger partial charge in [0, 0.05) is 43.9 Å². The molecule has 2 heterocycles. The van der Waals surface area contributed by atoms with Gasteiger partial charge in [-0.1, -0.05) is 0 Å². The normalized spacial score (nSPS) is 10.7. The van der Waals surface area contributed by atoms with Crippen LogP contribution in [0, 0.1) is 17.5 Å². The van der Waals surface area contributed by atoms with E-state index in [4.69, 9.17) is 10.5 Å². The lowest BCUT2D eigenvalue weighted by atomic mass is 10.2. The molecule has 0 unspecified atom stereocenters. The molecular weight excluding hydrogens is 433 g/mol. The number of nitrogen functional groups attached to an aromatic ring is 1. The summed E-state index contributed by atoms with van der Waals surface area (Å²) in [5.41, 5.74) is 6.83. The Kier molecular flexibility index (Phi) is 5.99. The van der Waals surface area contributed by atoms with Crippen LogP contribution in [0.1, 0.15) is 0 Å². The predicted molar refractivity (Wildman–Crippen MR) is 120 cm³/mol. The number of nitrogens with one attached hydrogen (secondary N) is 1. The standard InChI is InChI=1S/C23H19F3N6O/c1-32(2)14-7-5-13(6-8-14)30-23-29-11-9-17(31-23)15-4-3-10-28-22(15)33-18-12-16(24)21(27)20(26)19(18)25/h3-12H,27H2,1-2H3,(H,29,30,31). The number of anilines is 4. The second kappa shape index (κ2) is 9.03. The van der Waals surface area contributed by atoms with Gasteiger partial charge in [-0.2, -0.15) is 4.39 Å². The smallest absolute Gasteiger partial charge is 0.228 e. The fourth-order valence-corrected chi connectivity index (χ4v) is 2.97. The Morgan fingerprint density at radius 3 is 2.42 bits per heavy atom. The third-order valence-corrected chi connectivity index (χ3v) is 4.71. The zero-order valence-corrected chi connectivity index (χ0v) is 17.7. The molecule has 4 aromatic rings. The van der Waals surface area contributed by atoms with Crippen molar-refractivity contribution in [3.8, 4) is 22.9 Å². The number of ether oxygens (including phenoxy) is 1. The van der Waals surface area contributed by atoms with Crippen LogP contribution in [0.3, 0.4) is 0 Å². The third kappa shape index (κ3) is 4.64. The Morgan fingerprint density at radius 1 is 0.939 bits per heavy atom. The average Bonchev–Trinajstić information content (AvgIpc) is 2.82. The molecule has 3 N–H and O–H groups in total. The number of hydrogen-bond acceptors (Lipinski definition) is 7. The lowest BCUT2D eigenvalue weighted by Gasteiger charge is -2.13. The second-order valence-corrected chi connectivity index (χ2v) is 7.19. The fraction of sp³-hybridized carbons (Fsp3) is 0.0870. The Hall–Kier alpha value is -4.34. The van der Waals surface area contributed by atoms with Gasteiger partial charge in [-0.15, -0.1) is 0 Å². The van der Waals surface area contributed by atoms with Crippen LogP contribution < -0.4 is 20.7 Å². The van der Waals surface area contributed by atoms with Crippen LogP contribution in [0.2, 0.25) is 0 Å². The molecule has 0 aliphatic carbocycles. The second-order valence-electron chi connectivity index (χ2n) is 7.19. The van der Waals surface area contributed by atoms with E-state index < -0.39 is 28.9 Å². The highest BCUT2D eigenvalue weighted by molar-refractivity contribution is 5.67. The minimum atomic E-state index is -1.53. The average molecular weight is 452 g/mol. The van der Waals surface area contributed by atoms with Crippen LogP contribution in [0.5, 0.6) is 11.6 Å². The summed E-state index contributed by atoms with van der Waals surface area (Å²) in [7, 11) is 3.89. The summed E-state index contributed by atoms with van der Waals surface area (Å²) >= 11 is 0. The summed E-state index contributed by atoms with van der Waals surface area (Å²) in [4.78, 5) is 14.7. The molecule has 0 saturated heterocycles. The maximum atomic E-state index is 14.2. The monoisotopic (exact) mass is 452 g/mol. The molecule has 0 amide bonds. The first-order chi connectivity index (χ1) is 15.8.